The Kier molecular flexibility index (Phi) is 3.10. The maximum atomic E-state index is 12.0. The third-order valence-electron chi connectivity index (χ3n) is 3.45. The summed E-state index contributed by atoms with van der Waals surface area (Å²) in [6, 6.07) is 7.48. The number of amides is 1. The number of hydrogen-bond donors (Lipinski definition) is 3. The minimum atomic E-state index is -0.372. The highest BCUT2D eigenvalue weighted by molar-refractivity contribution is 6.00. The third-order valence-corrected chi connectivity index (χ3v) is 3.45. The normalized spacial score (nSPS) is 15.9. The predicted molar refractivity (Wildman–Crippen MR) is 78.3 cm³/mol. The van der Waals surface area contributed by atoms with Crippen LogP contribution in [0.2, 0.25) is 0 Å². The fourth-order valence-corrected chi connectivity index (χ4v) is 2.36. The predicted octanol–water partition coefficient (Wildman–Crippen LogP) is 1.15. The molecular formula is C14H13N7O. The lowest BCUT2D eigenvalue weighted by Gasteiger charge is -2.18. The first kappa shape index (κ1) is 13.8. The van der Waals surface area contributed by atoms with Crippen LogP contribution < -0.4 is 10.6 Å². The number of tetrazole rings is 1. The molecule has 2 aromatic rings. The number of fused-ring (bicyclic) bond motifs is 1. The molecule has 3 N–H and O–H groups in total. The number of allylic oxidation sites excluding steroid dienone is 1. The zero-order valence-electron chi connectivity index (χ0n) is 12.0. The van der Waals surface area contributed by atoms with E-state index in [1.807, 2.05) is 32.0 Å². The number of rotatable bonds is 3. The molecule has 22 heavy (non-hydrogen) atoms. The number of anilines is 1. The van der Waals surface area contributed by atoms with Gasteiger partial charge in [-0.2, -0.15) is 10.5 Å². The van der Waals surface area contributed by atoms with Crippen LogP contribution in [0.15, 0.2) is 24.4 Å². The molecule has 0 saturated carbocycles. The summed E-state index contributed by atoms with van der Waals surface area (Å²) in [5.74, 6) is 0.0985. The van der Waals surface area contributed by atoms with E-state index < -0.39 is 0 Å². The zero-order valence-corrected chi connectivity index (χ0v) is 12.0. The minimum Gasteiger partial charge on any atom is -0.360 e. The summed E-state index contributed by atoms with van der Waals surface area (Å²) in [4.78, 5) is 12.0. The van der Waals surface area contributed by atoms with Crippen LogP contribution in [0.4, 0.5) is 5.69 Å². The van der Waals surface area contributed by atoms with Gasteiger partial charge < -0.3 is 10.6 Å². The van der Waals surface area contributed by atoms with E-state index in [9.17, 15) is 4.79 Å². The summed E-state index contributed by atoms with van der Waals surface area (Å²) >= 11 is 0. The highest BCUT2D eigenvalue weighted by Gasteiger charge is 2.34. The number of benzene rings is 1. The van der Waals surface area contributed by atoms with Crippen LogP contribution in [0.5, 0.6) is 0 Å². The van der Waals surface area contributed by atoms with Crippen molar-refractivity contribution >= 4 is 17.2 Å². The Bertz CT molecular complexity index is 799. The van der Waals surface area contributed by atoms with Crippen molar-refractivity contribution in [3.63, 3.8) is 0 Å². The van der Waals surface area contributed by atoms with Gasteiger partial charge in [0.25, 0.3) is 5.91 Å². The topological polar surface area (TPSA) is 119 Å². The van der Waals surface area contributed by atoms with E-state index >= 15 is 0 Å². The molecule has 8 heteroatoms. The molecular weight excluding hydrogens is 282 g/mol. The Morgan fingerprint density at radius 1 is 1.45 bits per heavy atom. The van der Waals surface area contributed by atoms with Crippen LogP contribution in [0, 0.1) is 11.3 Å². The van der Waals surface area contributed by atoms with Gasteiger partial charge in [-0.25, -0.2) is 0 Å². The van der Waals surface area contributed by atoms with Crippen molar-refractivity contribution in [3.8, 4) is 6.07 Å². The molecule has 1 aromatic heterocycles. The van der Waals surface area contributed by atoms with E-state index in [4.69, 9.17) is 5.26 Å². The molecule has 0 saturated heterocycles. The Labute approximate surface area is 126 Å². The molecule has 8 nitrogen and oxygen atoms in total. The zero-order chi connectivity index (χ0) is 15.7. The van der Waals surface area contributed by atoms with Crippen LogP contribution in [-0.4, -0.2) is 26.5 Å². The lowest BCUT2D eigenvalue weighted by atomic mass is 9.94. The number of aromatic nitrogens is 4. The van der Waals surface area contributed by atoms with Crippen molar-refractivity contribution in [3.05, 3.63) is 41.4 Å². The van der Waals surface area contributed by atoms with Crippen molar-refractivity contribution in [1.82, 2.24) is 25.9 Å². The SMILES string of the molecule is CC1(C)NC(=O)c2cc(NC=C(C#N)c3nn[nH]n3)ccc21. The first-order chi connectivity index (χ1) is 10.5. The minimum absolute atomic E-state index is 0.105. The molecule has 0 aliphatic carbocycles. The van der Waals surface area contributed by atoms with Crippen LogP contribution in [0.3, 0.4) is 0 Å². The van der Waals surface area contributed by atoms with Gasteiger partial charge in [-0.15, -0.1) is 10.2 Å². The maximum Gasteiger partial charge on any atom is 0.252 e. The van der Waals surface area contributed by atoms with Crippen LogP contribution >= 0.6 is 0 Å². The van der Waals surface area contributed by atoms with Crippen molar-refractivity contribution in [2.24, 2.45) is 0 Å². The first-order valence-corrected chi connectivity index (χ1v) is 6.59. The highest BCUT2D eigenvalue weighted by Crippen LogP contribution is 2.32. The largest absolute Gasteiger partial charge is 0.360 e. The molecule has 0 spiro atoms. The second-order valence-electron chi connectivity index (χ2n) is 5.39. The van der Waals surface area contributed by atoms with Crippen molar-refractivity contribution in [2.45, 2.75) is 19.4 Å². The molecule has 0 unspecified atom stereocenters. The lowest BCUT2D eigenvalue weighted by molar-refractivity contribution is 0.0940. The van der Waals surface area contributed by atoms with Gasteiger partial charge in [0.05, 0.1) is 5.54 Å². The van der Waals surface area contributed by atoms with E-state index in [1.165, 1.54) is 6.20 Å². The second kappa shape index (κ2) is 4.96. The monoisotopic (exact) mass is 295 g/mol. The summed E-state index contributed by atoms with van der Waals surface area (Å²) < 4.78 is 0. The molecule has 1 amide bonds. The van der Waals surface area contributed by atoms with Gasteiger partial charge in [0.2, 0.25) is 5.82 Å². The van der Waals surface area contributed by atoms with E-state index in [0.717, 1.165) is 5.56 Å². The van der Waals surface area contributed by atoms with Gasteiger partial charge in [0.1, 0.15) is 11.6 Å². The van der Waals surface area contributed by atoms with E-state index in [1.54, 1.807) is 6.07 Å². The standard InChI is InChI=1S/C14H13N7O/c1-14(2)11-4-3-9(5-10(11)13(22)17-14)16-7-8(6-15)12-18-20-21-19-12/h3-5,7,16H,1-2H3,(H,17,22)(H,18,19,20,21). The number of nitrogens with zero attached hydrogens (tertiary/aromatic N) is 4. The smallest absolute Gasteiger partial charge is 0.252 e. The third kappa shape index (κ3) is 2.29. The summed E-state index contributed by atoms with van der Waals surface area (Å²) in [7, 11) is 0. The Hall–Kier alpha value is -3.21. The Balaban J connectivity index is 1.88. The van der Waals surface area contributed by atoms with Crippen LogP contribution in [-0.2, 0) is 5.54 Å². The Morgan fingerprint density at radius 2 is 2.27 bits per heavy atom. The summed E-state index contributed by atoms with van der Waals surface area (Å²) in [6.45, 7) is 3.90. The number of H-pyrrole nitrogens is 1. The van der Waals surface area contributed by atoms with Crippen molar-refractivity contribution < 1.29 is 4.79 Å². The number of carbonyl (C=O) groups is 1. The first-order valence-electron chi connectivity index (χ1n) is 6.59. The molecule has 0 radical (unpaired) electrons. The van der Waals surface area contributed by atoms with Crippen LogP contribution in [0.1, 0.15) is 35.6 Å². The molecule has 0 atom stereocenters. The van der Waals surface area contributed by atoms with Crippen molar-refractivity contribution in [1.29, 1.82) is 5.26 Å². The maximum absolute atomic E-state index is 12.0. The number of nitrogens with one attached hydrogen (secondary N) is 3. The quantitative estimate of drug-likeness (QED) is 0.731. The molecule has 0 bridgehead atoms. The molecule has 1 aliphatic heterocycles. The van der Waals surface area contributed by atoms with Gasteiger partial charge in [-0.1, -0.05) is 6.07 Å². The number of hydrogen-bond acceptors (Lipinski definition) is 6. The van der Waals surface area contributed by atoms with E-state index in [2.05, 4.69) is 31.3 Å². The fraction of sp³-hybridized carbons (Fsp3) is 0.214. The van der Waals surface area contributed by atoms with Gasteiger partial charge >= 0.3 is 0 Å². The average Bonchev–Trinajstić information content (AvgIpc) is 3.08. The van der Waals surface area contributed by atoms with Gasteiger partial charge in [0, 0.05) is 17.5 Å². The fourth-order valence-electron chi connectivity index (χ4n) is 2.36. The van der Waals surface area contributed by atoms with E-state index in [-0.39, 0.29) is 22.8 Å². The molecule has 1 aromatic carbocycles. The molecule has 2 heterocycles. The van der Waals surface area contributed by atoms with Gasteiger partial charge in [-0.3, -0.25) is 4.79 Å². The summed E-state index contributed by atoms with van der Waals surface area (Å²) in [6.07, 6.45) is 1.48. The number of aromatic amines is 1. The average molecular weight is 295 g/mol. The van der Waals surface area contributed by atoms with Crippen LogP contribution in [0.25, 0.3) is 5.57 Å². The Morgan fingerprint density at radius 3 is 2.95 bits per heavy atom. The molecule has 1 aliphatic rings. The lowest BCUT2D eigenvalue weighted by Crippen LogP contribution is -2.32. The molecule has 0 fully saturated rings. The molecule has 3 rings (SSSR count). The highest BCUT2D eigenvalue weighted by atomic mass is 16.2. The number of carbonyl (C=O) groups excluding carboxylic acids is 1. The van der Waals surface area contributed by atoms with Gasteiger partial charge in [0.15, 0.2) is 0 Å². The summed E-state index contributed by atoms with van der Waals surface area (Å²) in [5, 5.41) is 28.2. The molecule has 110 valence electrons. The second-order valence-corrected chi connectivity index (χ2v) is 5.39. The van der Waals surface area contributed by atoms with E-state index in [0.29, 0.717) is 11.3 Å². The summed E-state index contributed by atoms with van der Waals surface area (Å²) in [5.41, 5.74) is 2.14. The number of nitriles is 1. The van der Waals surface area contributed by atoms with Crippen molar-refractivity contribution in [2.75, 3.05) is 5.32 Å². The van der Waals surface area contributed by atoms with Gasteiger partial charge in [-0.05, 0) is 36.8 Å².